The number of rotatable bonds is 4. The minimum absolute atomic E-state index is 0.434. The van der Waals surface area contributed by atoms with E-state index in [0.717, 1.165) is 5.92 Å². The van der Waals surface area contributed by atoms with Gasteiger partial charge in [0, 0.05) is 18.5 Å². The molecule has 1 saturated heterocycles. The zero-order valence-electron chi connectivity index (χ0n) is 13.2. The van der Waals surface area contributed by atoms with Gasteiger partial charge >= 0.3 is 0 Å². The van der Waals surface area contributed by atoms with Gasteiger partial charge in [0.05, 0.1) is 0 Å². The minimum atomic E-state index is 0.434. The zero-order valence-corrected chi connectivity index (χ0v) is 14.0. The molecule has 0 bridgehead atoms. The number of fused-ring (bicyclic) bond motifs is 3. The van der Waals surface area contributed by atoms with E-state index in [1.54, 1.807) is 0 Å². The van der Waals surface area contributed by atoms with Crippen LogP contribution in [0, 0.1) is 5.92 Å². The summed E-state index contributed by atoms with van der Waals surface area (Å²) in [6.45, 7) is 4.78. The molecule has 0 spiro atoms. The van der Waals surface area contributed by atoms with Gasteiger partial charge in [0.1, 0.15) is 5.75 Å². The van der Waals surface area contributed by atoms with E-state index in [-0.39, 0.29) is 0 Å². The summed E-state index contributed by atoms with van der Waals surface area (Å²) in [5.41, 5.74) is 2.90. The maximum atomic E-state index is 9.90. The van der Waals surface area contributed by atoms with E-state index in [1.165, 1.54) is 55.7 Å². The second-order valence-electron chi connectivity index (χ2n) is 6.65. The molecule has 1 aliphatic heterocycles. The molecule has 3 heteroatoms. The fourth-order valence-electron chi connectivity index (χ4n) is 4.39. The molecule has 0 aromatic heterocycles. The molecular weight excluding hydrogens is 278 g/mol. The number of piperidine rings is 1. The van der Waals surface area contributed by atoms with Crippen molar-refractivity contribution in [2.24, 2.45) is 5.92 Å². The molecule has 3 rings (SSSR count). The normalized spacial score (nSPS) is 29.0. The molecule has 0 radical (unpaired) electrons. The van der Waals surface area contributed by atoms with Crippen LogP contribution < -0.4 is 0 Å². The standard InChI is InChI=1S/C18H27NOS/c1-3-8-19-11-13(12-21-2)9-17-16-10-15(20)6-4-14(16)5-7-18(17)19/h4,6,10,13,17-18,20H,3,5,7-9,11-12H2,1-2H3/t13-,17-,18-/m1/s1. The summed E-state index contributed by atoms with van der Waals surface area (Å²) < 4.78 is 0. The fourth-order valence-corrected chi connectivity index (χ4v) is 5.10. The Bertz CT molecular complexity index is 490. The van der Waals surface area contributed by atoms with Crippen molar-refractivity contribution in [2.75, 3.05) is 25.1 Å². The molecular formula is C18H27NOS. The summed E-state index contributed by atoms with van der Waals surface area (Å²) in [5.74, 6) is 3.11. The number of hydrogen-bond acceptors (Lipinski definition) is 3. The number of phenols is 1. The summed E-state index contributed by atoms with van der Waals surface area (Å²) in [5, 5.41) is 9.90. The molecule has 1 heterocycles. The van der Waals surface area contributed by atoms with Crippen LogP contribution in [0.1, 0.15) is 43.2 Å². The molecule has 0 unspecified atom stereocenters. The summed E-state index contributed by atoms with van der Waals surface area (Å²) in [6.07, 6.45) is 7.21. The van der Waals surface area contributed by atoms with Crippen molar-refractivity contribution in [1.29, 1.82) is 0 Å². The molecule has 0 saturated carbocycles. The summed E-state index contributed by atoms with van der Waals surface area (Å²) in [7, 11) is 0. The van der Waals surface area contributed by atoms with Gasteiger partial charge in [0.15, 0.2) is 0 Å². The van der Waals surface area contributed by atoms with E-state index >= 15 is 0 Å². The van der Waals surface area contributed by atoms with Gasteiger partial charge in [-0.25, -0.2) is 0 Å². The topological polar surface area (TPSA) is 23.5 Å². The average Bonchev–Trinajstić information content (AvgIpc) is 2.48. The van der Waals surface area contributed by atoms with Crippen LogP contribution >= 0.6 is 11.8 Å². The van der Waals surface area contributed by atoms with Crippen molar-refractivity contribution < 1.29 is 5.11 Å². The van der Waals surface area contributed by atoms with Crippen molar-refractivity contribution in [3.63, 3.8) is 0 Å². The smallest absolute Gasteiger partial charge is 0.115 e. The number of aromatic hydroxyl groups is 1. The molecule has 2 aliphatic rings. The lowest BCUT2D eigenvalue weighted by molar-refractivity contribution is 0.0827. The van der Waals surface area contributed by atoms with Gasteiger partial charge in [-0.05, 0) is 73.4 Å². The van der Waals surface area contributed by atoms with Crippen molar-refractivity contribution >= 4 is 11.8 Å². The van der Waals surface area contributed by atoms with Crippen LogP contribution in [0.5, 0.6) is 5.75 Å². The molecule has 1 aromatic carbocycles. The van der Waals surface area contributed by atoms with Crippen LogP contribution in [0.2, 0.25) is 0 Å². The number of benzene rings is 1. The third kappa shape index (κ3) is 3.09. The number of nitrogens with zero attached hydrogens (tertiary/aromatic N) is 1. The van der Waals surface area contributed by atoms with Crippen molar-refractivity contribution in [1.82, 2.24) is 4.90 Å². The first-order valence-electron chi connectivity index (χ1n) is 8.27. The van der Waals surface area contributed by atoms with Gasteiger partial charge in [0.2, 0.25) is 0 Å². The first-order valence-corrected chi connectivity index (χ1v) is 9.67. The molecule has 1 aliphatic carbocycles. The lowest BCUT2D eigenvalue weighted by Crippen LogP contribution is -2.50. The summed E-state index contributed by atoms with van der Waals surface area (Å²) >= 11 is 1.98. The summed E-state index contributed by atoms with van der Waals surface area (Å²) in [4.78, 5) is 2.74. The molecule has 2 nitrogen and oxygen atoms in total. The Morgan fingerprint density at radius 2 is 2.24 bits per heavy atom. The Hall–Kier alpha value is -0.670. The Balaban J connectivity index is 1.90. The highest BCUT2D eigenvalue weighted by Crippen LogP contribution is 2.43. The number of thioether (sulfide) groups is 1. The van der Waals surface area contributed by atoms with Gasteiger partial charge in [-0.1, -0.05) is 13.0 Å². The van der Waals surface area contributed by atoms with E-state index in [0.29, 0.717) is 17.7 Å². The predicted molar refractivity (Wildman–Crippen MR) is 91.3 cm³/mol. The van der Waals surface area contributed by atoms with Crippen molar-refractivity contribution in [3.05, 3.63) is 29.3 Å². The molecule has 1 N–H and O–H groups in total. The number of aryl methyl sites for hydroxylation is 1. The molecule has 3 atom stereocenters. The van der Waals surface area contributed by atoms with Gasteiger partial charge in [-0.2, -0.15) is 11.8 Å². The van der Waals surface area contributed by atoms with E-state index in [4.69, 9.17) is 0 Å². The van der Waals surface area contributed by atoms with Crippen LogP contribution in [-0.2, 0) is 6.42 Å². The Labute approximate surface area is 132 Å². The number of hydrogen-bond donors (Lipinski definition) is 1. The van der Waals surface area contributed by atoms with Gasteiger partial charge in [0.25, 0.3) is 0 Å². The number of phenolic OH excluding ortho intramolecular Hbond substituents is 1. The third-order valence-electron chi connectivity index (χ3n) is 5.17. The van der Waals surface area contributed by atoms with E-state index in [9.17, 15) is 5.11 Å². The SMILES string of the molecule is CCCN1C[C@H](CSC)C[C@@H]2c3cc(O)ccc3CC[C@H]21. The van der Waals surface area contributed by atoms with Crippen LogP contribution in [0.4, 0.5) is 0 Å². The average molecular weight is 305 g/mol. The predicted octanol–water partition coefficient (Wildman–Crippen LogP) is 3.89. The van der Waals surface area contributed by atoms with Gasteiger partial charge in [-0.15, -0.1) is 0 Å². The van der Waals surface area contributed by atoms with E-state index < -0.39 is 0 Å². The third-order valence-corrected chi connectivity index (χ3v) is 5.97. The second-order valence-corrected chi connectivity index (χ2v) is 7.56. The monoisotopic (exact) mass is 305 g/mol. The lowest BCUT2D eigenvalue weighted by Gasteiger charge is -2.48. The van der Waals surface area contributed by atoms with Gasteiger partial charge < -0.3 is 5.11 Å². The molecule has 21 heavy (non-hydrogen) atoms. The Kier molecular flexibility index (Phi) is 4.80. The largest absolute Gasteiger partial charge is 0.508 e. The zero-order chi connectivity index (χ0) is 14.8. The molecule has 1 fully saturated rings. The highest BCUT2D eigenvalue weighted by molar-refractivity contribution is 7.98. The Morgan fingerprint density at radius 3 is 3.00 bits per heavy atom. The minimum Gasteiger partial charge on any atom is -0.508 e. The number of likely N-dealkylation sites (tertiary alicyclic amines) is 1. The van der Waals surface area contributed by atoms with Gasteiger partial charge in [-0.3, -0.25) is 4.90 Å². The van der Waals surface area contributed by atoms with Crippen LogP contribution in [0.25, 0.3) is 0 Å². The maximum absolute atomic E-state index is 9.90. The van der Waals surface area contributed by atoms with E-state index in [2.05, 4.69) is 24.1 Å². The van der Waals surface area contributed by atoms with Crippen LogP contribution in [0.3, 0.4) is 0 Å². The van der Waals surface area contributed by atoms with Crippen molar-refractivity contribution in [2.45, 2.75) is 44.6 Å². The molecule has 116 valence electrons. The first-order chi connectivity index (χ1) is 10.2. The second kappa shape index (κ2) is 6.62. The molecule has 1 aromatic rings. The lowest BCUT2D eigenvalue weighted by atomic mass is 9.72. The highest BCUT2D eigenvalue weighted by atomic mass is 32.2. The van der Waals surface area contributed by atoms with Crippen LogP contribution in [-0.4, -0.2) is 41.1 Å². The summed E-state index contributed by atoms with van der Waals surface area (Å²) in [6, 6.07) is 6.73. The quantitative estimate of drug-likeness (QED) is 0.913. The maximum Gasteiger partial charge on any atom is 0.115 e. The Morgan fingerprint density at radius 1 is 1.38 bits per heavy atom. The highest BCUT2D eigenvalue weighted by Gasteiger charge is 2.39. The fraction of sp³-hybridized carbons (Fsp3) is 0.667. The van der Waals surface area contributed by atoms with E-state index in [1.807, 2.05) is 23.9 Å². The van der Waals surface area contributed by atoms with Crippen LogP contribution in [0.15, 0.2) is 18.2 Å². The van der Waals surface area contributed by atoms with Crippen molar-refractivity contribution in [3.8, 4) is 5.75 Å². The first kappa shape index (κ1) is 15.2. The molecule has 0 amide bonds.